The van der Waals surface area contributed by atoms with Crippen LogP contribution in [0.3, 0.4) is 0 Å². The van der Waals surface area contributed by atoms with Gasteiger partial charge in [-0.25, -0.2) is 8.42 Å². The summed E-state index contributed by atoms with van der Waals surface area (Å²) in [6.45, 7) is 9.82. The van der Waals surface area contributed by atoms with Gasteiger partial charge in [0.15, 0.2) is 0 Å². The maximum absolute atomic E-state index is 12.7. The van der Waals surface area contributed by atoms with E-state index in [9.17, 15) is 13.2 Å². The van der Waals surface area contributed by atoms with Crippen LogP contribution in [-0.4, -0.2) is 55.8 Å². The third-order valence-corrected chi connectivity index (χ3v) is 7.11. The Labute approximate surface area is 163 Å². The fourth-order valence-electron chi connectivity index (χ4n) is 3.21. The molecule has 26 heavy (non-hydrogen) atoms. The van der Waals surface area contributed by atoms with Crippen LogP contribution in [-0.2, 0) is 10.0 Å². The van der Waals surface area contributed by atoms with Crippen LogP contribution in [0, 0.1) is 5.41 Å². The van der Waals surface area contributed by atoms with Crippen molar-refractivity contribution in [2.45, 2.75) is 45.1 Å². The summed E-state index contributed by atoms with van der Waals surface area (Å²) in [5.74, 6) is -0.0771. The molecule has 6 nitrogen and oxygen atoms in total. The number of benzene rings is 1. The maximum Gasteiger partial charge on any atom is 0.253 e. The molecule has 0 bridgehead atoms. The summed E-state index contributed by atoms with van der Waals surface area (Å²) in [6.07, 6.45) is 0.771. The van der Waals surface area contributed by atoms with E-state index in [0.717, 1.165) is 6.42 Å². The lowest BCUT2D eigenvalue weighted by Gasteiger charge is -2.42. The Morgan fingerprint density at radius 2 is 1.77 bits per heavy atom. The lowest BCUT2D eigenvalue weighted by atomic mass is 9.79. The van der Waals surface area contributed by atoms with E-state index in [-0.39, 0.29) is 34.7 Å². The molecule has 0 aromatic heterocycles. The van der Waals surface area contributed by atoms with Crippen molar-refractivity contribution in [1.82, 2.24) is 9.21 Å². The van der Waals surface area contributed by atoms with Crippen LogP contribution in [0.25, 0.3) is 0 Å². The number of nitrogens with zero attached hydrogens (tertiary/aromatic N) is 2. The molecule has 1 atom stereocenters. The Morgan fingerprint density at radius 1 is 1.23 bits per heavy atom. The van der Waals surface area contributed by atoms with Gasteiger partial charge in [-0.2, -0.15) is 4.31 Å². The van der Waals surface area contributed by atoms with Crippen LogP contribution in [0.2, 0.25) is 0 Å². The summed E-state index contributed by atoms with van der Waals surface area (Å²) in [5.41, 5.74) is 6.51. The molecule has 1 fully saturated rings. The number of rotatable bonds is 5. The van der Waals surface area contributed by atoms with E-state index in [2.05, 4.69) is 13.8 Å². The molecular weight excluding hydrogens is 374 g/mol. The number of halogens is 1. The van der Waals surface area contributed by atoms with Gasteiger partial charge in [0.25, 0.3) is 5.91 Å². The van der Waals surface area contributed by atoms with E-state index in [4.69, 9.17) is 5.73 Å². The fraction of sp³-hybridized carbons (Fsp3) is 0.611. The van der Waals surface area contributed by atoms with Gasteiger partial charge in [-0.1, -0.05) is 27.7 Å². The van der Waals surface area contributed by atoms with Gasteiger partial charge in [-0.05, 0) is 36.1 Å². The molecule has 148 valence electrons. The summed E-state index contributed by atoms with van der Waals surface area (Å²) < 4.78 is 26.4. The highest BCUT2D eigenvalue weighted by atomic mass is 35.5. The number of sulfonamides is 1. The molecule has 1 saturated heterocycles. The molecule has 1 heterocycles. The highest BCUT2D eigenvalue weighted by molar-refractivity contribution is 7.89. The normalized spacial score (nSPS) is 19.9. The van der Waals surface area contributed by atoms with Crippen molar-refractivity contribution < 1.29 is 13.2 Å². The van der Waals surface area contributed by atoms with Gasteiger partial charge in [-0.3, -0.25) is 4.79 Å². The zero-order valence-electron chi connectivity index (χ0n) is 15.9. The van der Waals surface area contributed by atoms with E-state index in [1.165, 1.54) is 16.4 Å². The van der Waals surface area contributed by atoms with E-state index in [1.54, 1.807) is 17.0 Å². The number of carbonyl (C=O) groups is 1. The molecule has 0 radical (unpaired) electrons. The average Bonchev–Trinajstić information content (AvgIpc) is 2.57. The lowest BCUT2D eigenvalue weighted by molar-refractivity contribution is 0.0533. The Bertz CT molecular complexity index is 716. The fourth-order valence-corrected chi connectivity index (χ4v) is 4.67. The summed E-state index contributed by atoms with van der Waals surface area (Å²) in [4.78, 5) is 14.7. The smallest absolute Gasteiger partial charge is 0.253 e. The van der Waals surface area contributed by atoms with E-state index >= 15 is 0 Å². The zero-order chi connectivity index (χ0) is 18.8. The Hall–Kier alpha value is -1.15. The van der Waals surface area contributed by atoms with Gasteiger partial charge in [0, 0.05) is 37.8 Å². The van der Waals surface area contributed by atoms with Crippen molar-refractivity contribution in [3.05, 3.63) is 29.8 Å². The maximum atomic E-state index is 12.7. The summed E-state index contributed by atoms with van der Waals surface area (Å²) in [7, 11) is -3.50. The second-order valence-electron chi connectivity index (χ2n) is 7.22. The molecule has 0 spiro atoms. The van der Waals surface area contributed by atoms with Gasteiger partial charge >= 0.3 is 0 Å². The van der Waals surface area contributed by atoms with Gasteiger partial charge in [-0.15, -0.1) is 12.4 Å². The zero-order valence-corrected chi connectivity index (χ0v) is 17.6. The van der Waals surface area contributed by atoms with Crippen molar-refractivity contribution in [1.29, 1.82) is 0 Å². The molecule has 1 aliphatic rings. The average molecular weight is 404 g/mol. The lowest BCUT2D eigenvalue weighted by Crippen LogP contribution is -2.54. The van der Waals surface area contributed by atoms with Gasteiger partial charge in [0.1, 0.15) is 0 Å². The first-order chi connectivity index (χ1) is 11.6. The van der Waals surface area contributed by atoms with Crippen LogP contribution < -0.4 is 5.73 Å². The monoisotopic (exact) mass is 403 g/mol. The number of hydrogen-bond donors (Lipinski definition) is 1. The van der Waals surface area contributed by atoms with Crippen molar-refractivity contribution in [3.63, 3.8) is 0 Å². The minimum absolute atomic E-state index is 0. The van der Waals surface area contributed by atoms with Gasteiger partial charge < -0.3 is 10.6 Å². The van der Waals surface area contributed by atoms with E-state index in [1.807, 2.05) is 13.8 Å². The SMILES string of the molecule is CCN(CC)S(=O)(=O)c1ccc(C(=O)N2CCC(N)C(C)(C)C2)cc1.Cl. The summed E-state index contributed by atoms with van der Waals surface area (Å²) >= 11 is 0. The van der Waals surface area contributed by atoms with Gasteiger partial charge in [0.05, 0.1) is 4.90 Å². The van der Waals surface area contributed by atoms with Crippen molar-refractivity contribution >= 4 is 28.3 Å². The highest BCUT2D eigenvalue weighted by Crippen LogP contribution is 2.28. The molecular formula is C18H30ClN3O3S. The molecule has 2 rings (SSSR count). The molecule has 0 aliphatic carbocycles. The first-order valence-electron chi connectivity index (χ1n) is 8.78. The second kappa shape index (κ2) is 8.69. The topological polar surface area (TPSA) is 83.7 Å². The first-order valence-corrected chi connectivity index (χ1v) is 10.2. The Balaban J connectivity index is 0.00000338. The summed E-state index contributed by atoms with van der Waals surface area (Å²) in [6, 6.07) is 6.31. The highest BCUT2D eigenvalue weighted by Gasteiger charge is 2.35. The molecule has 1 aromatic carbocycles. The number of carbonyl (C=O) groups excluding carboxylic acids is 1. The molecule has 8 heteroatoms. The predicted molar refractivity (Wildman–Crippen MR) is 106 cm³/mol. The van der Waals surface area contributed by atoms with Crippen LogP contribution >= 0.6 is 12.4 Å². The van der Waals surface area contributed by atoms with E-state index < -0.39 is 10.0 Å². The number of piperidine rings is 1. The van der Waals surface area contributed by atoms with Crippen LogP contribution in [0.15, 0.2) is 29.2 Å². The van der Waals surface area contributed by atoms with Crippen molar-refractivity contribution in [2.24, 2.45) is 11.1 Å². The van der Waals surface area contributed by atoms with Crippen LogP contribution in [0.1, 0.15) is 44.5 Å². The predicted octanol–water partition coefficient (Wildman–Crippen LogP) is 2.34. The molecule has 0 saturated carbocycles. The molecule has 1 unspecified atom stereocenters. The van der Waals surface area contributed by atoms with Crippen LogP contribution in [0.5, 0.6) is 0 Å². The van der Waals surface area contributed by atoms with Crippen molar-refractivity contribution in [2.75, 3.05) is 26.2 Å². The van der Waals surface area contributed by atoms with Gasteiger partial charge in [0.2, 0.25) is 10.0 Å². The Morgan fingerprint density at radius 3 is 2.23 bits per heavy atom. The number of likely N-dealkylation sites (tertiary alicyclic amines) is 1. The number of hydrogen-bond acceptors (Lipinski definition) is 4. The second-order valence-corrected chi connectivity index (χ2v) is 9.16. The number of amides is 1. The molecule has 1 aliphatic heterocycles. The minimum Gasteiger partial charge on any atom is -0.338 e. The standard InChI is InChI=1S/C18H29N3O3S.ClH/c1-5-21(6-2)25(23,24)15-9-7-14(8-10-15)17(22)20-12-11-16(19)18(3,4)13-20;/h7-10,16H,5-6,11-13,19H2,1-4H3;1H. The third-order valence-electron chi connectivity index (χ3n) is 5.04. The Kier molecular flexibility index (Phi) is 7.65. The van der Waals surface area contributed by atoms with Crippen LogP contribution in [0.4, 0.5) is 0 Å². The first kappa shape index (κ1) is 22.9. The third kappa shape index (κ3) is 4.57. The summed E-state index contributed by atoms with van der Waals surface area (Å²) in [5, 5.41) is 0. The largest absolute Gasteiger partial charge is 0.338 e. The van der Waals surface area contributed by atoms with Crippen molar-refractivity contribution in [3.8, 4) is 0 Å². The molecule has 1 amide bonds. The molecule has 1 aromatic rings. The quantitative estimate of drug-likeness (QED) is 0.817. The molecule has 2 N–H and O–H groups in total. The van der Waals surface area contributed by atoms with E-state index in [0.29, 0.717) is 31.7 Å². The number of nitrogens with two attached hydrogens (primary N) is 1. The minimum atomic E-state index is -3.50.